The van der Waals surface area contributed by atoms with Gasteiger partial charge in [0, 0.05) is 0 Å². The summed E-state index contributed by atoms with van der Waals surface area (Å²) in [7, 11) is 0. The third kappa shape index (κ3) is 4.47. The van der Waals surface area contributed by atoms with Crippen LogP contribution in [0.4, 0.5) is 0 Å². The van der Waals surface area contributed by atoms with Crippen molar-refractivity contribution < 1.29 is 0 Å². The Hall–Kier alpha value is -0.591. The maximum atomic E-state index is 4.91. The van der Waals surface area contributed by atoms with E-state index in [0.717, 1.165) is 4.82 Å². The van der Waals surface area contributed by atoms with Crippen LogP contribution in [0.1, 0.15) is 57.1 Å². The van der Waals surface area contributed by atoms with Crippen LogP contribution in [-0.2, 0) is 0 Å². The monoisotopic (exact) mass is 323 g/mol. The first kappa shape index (κ1) is 14.8. The van der Waals surface area contributed by atoms with Gasteiger partial charge in [-0.2, -0.15) is 0 Å². The minimum atomic E-state index is 0.513. The van der Waals surface area contributed by atoms with Crippen molar-refractivity contribution in [2.24, 2.45) is 4.99 Å². The number of aliphatic imine (C=N–C) groups is 1. The summed E-state index contributed by atoms with van der Waals surface area (Å²) in [5, 5.41) is 0. The van der Waals surface area contributed by atoms with E-state index in [-0.39, 0.29) is 0 Å². The SMILES string of the molecule is CCCCCC1CC(C)N=C(c2ccc(C)cc2)[Se]1. The van der Waals surface area contributed by atoms with Gasteiger partial charge in [-0.25, -0.2) is 0 Å². The third-order valence-corrected chi connectivity index (χ3v) is 6.43. The zero-order valence-electron chi connectivity index (χ0n) is 12.4. The Morgan fingerprint density at radius 3 is 2.63 bits per heavy atom. The molecule has 1 nitrogen and oxygen atoms in total. The minimum absolute atomic E-state index is 0.513. The first-order valence-electron chi connectivity index (χ1n) is 7.50. The van der Waals surface area contributed by atoms with E-state index in [1.54, 1.807) is 0 Å². The van der Waals surface area contributed by atoms with Crippen molar-refractivity contribution >= 4 is 19.6 Å². The van der Waals surface area contributed by atoms with Crippen LogP contribution >= 0.6 is 0 Å². The van der Waals surface area contributed by atoms with Crippen molar-refractivity contribution in [2.45, 2.75) is 63.7 Å². The molecule has 0 aromatic heterocycles. The van der Waals surface area contributed by atoms with Crippen molar-refractivity contribution in [3.8, 4) is 0 Å². The summed E-state index contributed by atoms with van der Waals surface area (Å²) in [4.78, 5) is 5.81. The summed E-state index contributed by atoms with van der Waals surface area (Å²) in [5.74, 6) is 0. The fourth-order valence-electron chi connectivity index (χ4n) is 2.51. The standard InChI is InChI=1S/C17H25NSe/c1-4-5-6-7-16-12-14(3)18-17(19-16)15-10-8-13(2)9-11-15/h8-11,14,16H,4-7,12H2,1-3H3. The van der Waals surface area contributed by atoms with E-state index in [2.05, 4.69) is 45.0 Å². The van der Waals surface area contributed by atoms with Gasteiger partial charge in [0.25, 0.3) is 0 Å². The Labute approximate surface area is 124 Å². The first-order valence-corrected chi connectivity index (χ1v) is 9.35. The van der Waals surface area contributed by atoms with Gasteiger partial charge >= 0.3 is 124 Å². The molecule has 0 radical (unpaired) electrons. The number of hydrogen-bond donors (Lipinski definition) is 0. The van der Waals surface area contributed by atoms with Crippen molar-refractivity contribution in [1.82, 2.24) is 0 Å². The quantitative estimate of drug-likeness (QED) is 0.555. The van der Waals surface area contributed by atoms with Gasteiger partial charge in [-0.05, 0) is 0 Å². The molecule has 2 rings (SSSR count). The molecule has 1 aliphatic heterocycles. The molecule has 0 saturated heterocycles. The van der Waals surface area contributed by atoms with E-state index in [1.165, 1.54) is 47.8 Å². The van der Waals surface area contributed by atoms with Crippen molar-refractivity contribution in [3.05, 3.63) is 35.4 Å². The molecule has 2 unspecified atom stereocenters. The van der Waals surface area contributed by atoms with Gasteiger partial charge in [0.1, 0.15) is 0 Å². The Bertz CT molecular complexity index is 421. The molecule has 0 amide bonds. The second kappa shape index (κ2) is 7.26. The van der Waals surface area contributed by atoms with Crippen molar-refractivity contribution in [3.63, 3.8) is 0 Å². The van der Waals surface area contributed by atoms with Crippen LogP contribution in [0.25, 0.3) is 0 Å². The number of nitrogens with zero attached hydrogens (tertiary/aromatic N) is 1. The average molecular weight is 322 g/mol. The summed E-state index contributed by atoms with van der Waals surface area (Å²) in [5.41, 5.74) is 2.69. The number of hydrogen-bond acceptors (Lipinski definition) is 1. The fraction of sp³-hybridized carbons (Fsp3) is 0.588. The number of benzene rings is 1. The first-order chi connectivity index (χ1) is 9.19. The van der Waals surface area contributed by atoms with E-state index in [0.29, 0.717) is 21.0 Å². The summed E-state index contributed by atoms with van der Waals surface area (Å²) in [6.45, 7) is 6.71. The van der Waals surface area contributed by atoms with E-state index >= 15 is 0 Å². The van der Waals surface area contributed by atoms with Gasteiger partial charge in [-0.1, -0.05) is 0 Å². The second-order valence-corrected chi connectivity index (χ2v) is 8.33. The number of unbranched alkanes of at least 4 members (excludes halogenated alkanes) is 2. The van der Waals surface area contributed by atoms with Crippen LogP contribution in [0, 0.1) is 6.92 Å². The molecule has 1 aromatic rings. The zero-order valence-corrected chi connectivity index (χ0v) is 14.1. The van der Waals surface area contributed by atoms with Gasteiger partial charge in [0.15, 0.2) is 0 Å². The summed E-state index contributed by atoms with van der Waals surface area (Å²) in [6.07, 6.45) is 6.82. The van der Waals surface area contributed by atoms with E-state index in [1.807, 2.05) is 0 Å². The van der Waals surface area contributed by atoms with Crippen molar-refractivity contribution in [2.75, 3.05) is 0 Å². The average Bonchev–Trinajstić information content (AvgIpc) is 2.39. The molecule has 1 heterocycles. The Kier molecular flexibility index (Phi) is 5.66. The normalized spacial score (nSPS) is 23.2. The summed E-state index contributed by atoms with van der Waals surface area (Å²) in [6, 6.07) is 9.42. The van der Waals surface area contributed by atoms with Gasteiger partial charge in [-0.15, -0.1) is 0 Å². The van der Waals surface area contributed by atoms with Crippen molar-refractivity contribution in [1.29, 1.82) is 0 Å². The van der Waals surface area contributed by atoms with Crippen LogP contribution < -0.4 is 0 Å². The molecular formula is C17H25NSe. The molecule has 0 spiro atoms. The third-order valence-electron chi connectivity index (χ3n) is 3.65. The van der Waals surface area contributed by atoms with Crippen LogP contribution in [-0.4, -0.2) is 25.6 Å². The number of rotatable bonds is 5. The molecule has 0 saturated carbocycles. The van der Waals surface area contributed by atoms with Crippen LogP contribution in [0.2, 0.25) is 4.82 Å². The van der Waals surface area contributed by atoms with Crippen LogP contribution in [0.3, 0.4) is 0 Å². The molecule has 0 aliphatic carbocycles. The predicted molar refractivity (Wildman–Crippen MR) is 85.4 cm³/mol. The van der Waals surface area contributed by atoms with Gasteiger partial charge in [-0.3, -0.25) is 0 Å². The molecule has 104 valence electrons. The topological polar surface area (TPSA) is 12.4 Å². The van der Waals surface area contributed by atoms with E-state index in [4.69, 9.17) is 4.99 Å². The Morgan fingerprint density at radius 2 is 1.95 bits per heavy atom. The van der Waals surface area contributed by atoms with E-state index < -0.39 is 0 Å². The Balaban J connectivity index is 2.02. The Morgan fingerprint density at radius 1 is 1.21 bits per heavy atom. The molecule has 0 fully saturated rings. The molecular weight excluding hydrogens is 297 g/mol. The summed E-state index contributed by atoms with van der Waals surface area (Å²) < 4.78 is 1.40. The molecule has 0 N–H and O–H groups in total. The van der Waals surface area contributed by atoms with E-state index in [9.17, 15) is 0 Å². The molecule has 19 heavy (non-hydrogen) atoms. The molecule has 2 heteroatoms. The van der Waals surface area contributed by atoms with Gasteiger partial charge in [0.2, 0.25) is 0 Å². The molecule has 0 bridgehead atoms. The predicted octanol–water partition coefficient (Wildman–Crippen LogP) is 4.61. The second-order valence-electron chi connectivity index (χ2n) is 5.62. The maximum absolute atomic E-state index is 4.91. The van der Waals surface area contributed by atoms with Gasteiger partial charge < -0.3 is 0 Å². The molecule has 1 aliphatic rings. The van der Waals surface area contributed by atoms with Gasteiger partial charge in [0.05, 0.1) is 0 Å². The van der Waals surface area contributed by atoms with Crippen LogP contribution in [0.5, 0.6) is 0 Å². The summed E-state index contributed by atoms with van der Waals surface area (Å²) >= 11 is 0.565. The number of aryl methyl sites for hydroxylation is 1. The zero-order chi connectivity index (χ0) is 13.7. The molecule has 2 atom stereocenters. The molecule has 1 aromatic carbocycles. The fourth-order valence-corrected chi connectivity index (χ4v) is 5.63. The van der Waals surface area contributed by atoms with Crippen LogP contribution in [0.15, 0.2) is 29.3 Å².